The van der Waals surface area contributed by atoms with Crippen LogP contribution in [0.1, 0.15) is 17.0 Å². The Bertz CT molecular complexity index is 817. The Hall–Kier alpha value is -2.18. The van der Waals surface area contributed by atoms with Gasteiger partial charge in [-0.05, 0) is 42.3 Å². The molecule has 0 aliphatic rings. The van der Waals surface area contributed by atoms with Gasteiger partial charge in [-0.1, -0.05) is 36.0 Å². The van der Waals surface area contributed by atoms with Crippen molar-refractivity contribution in [2.45, 2.75) is 24.4 Å². The number of halogens is 1. The van der Waals surface area contributed by atoms with Gasteiger partial charge in [0.2, 0.25) is 0 Å². The van der Waals surface area contributed by atoms with Gasteiger partial charge in [0.25, 0.3) is 0 Å². The van der Waals surface area contributed by atoms with E-state index in [4.69, 9.17) is 4.74 Å². The van der Waals surface area contributed by atoms with E-state index in [-0.39, 0.29) is 5.82 Å². The molecule has 3 aromatic rings. The summed E-state index contributed by atoms with van der Waals surface area (Å²) in [5.41, 5.74) is 3.21. The normalized spacial score (nSPS) is 11.0. The van der Waals surface area contributed by atoms with Crippen LogP contribution in [0.15, 0.2) is 53.7 Å². The summed E-state index contributed by atoms with van der Waals surface area (Å²) in [4.78, 5) is 0. The molecule has 24 heavy (non-hydrogen) atoms. The zero-order chi connectivity index (χ0) is 16.9. The van der Waals surface area contributed by atoms with Gasteiger partial charge < -0.3 is 4.74 Å². The van der Waals surface area contributed by atoms with Crippen molar-refractivity contribution in [1.29, 1.82) is 0 Å². The van der Waals surface area contributed by atoms with Gasteiger partial charge >= 0.3 is 0 Å². The van der Waals surface area contributed by atoms with Crippen LogP contribution >= 0.6 is 11.8 Å². The number of ether oxygens (including phenoxy) is 1. The van der Waals surface area contributed by atoms with E-state index < -0.39 is 0 Å². The van der Waals surface area contributed by atoms with Crippen LogP contribution in [0.4, 0.5) is 4.39 Å². The minimum Gasteiger partial charge on any atom is -0.377 e. The maximum Gasteiger partial charge on any atom is 0.196 e. The molecule has 6 heteroatoms. The lowest BCUT2D eigenvalue weighted by Gasteiger charge is -2.10. The van der Waals surface area contributed by atoms with Crippen LogP contribution in [0.25, 0.3) is 5.69 Å². The highest BCUT2D eigenvalue weighted by atomic mass is 32.2. The van der Waals surface area contributed by atoms with E-state index in [1.807, 2.05) is 16.7 Å². The first-order chi connectivity index (χ1) is 11.7. The summed E-state index contributed by atoms with van der Waals surface area (Å²) in [6, 6.07) is 14.7. The topological polar surface area (TPSA) is 39.9 Å². The number of thioether (sulfide) groups is 1. The van der Waals surface area contributed by atoms with E-state index in [1.165, 1.54) is 17.7 Å². The lowest BCUT2D eigenvalue weighted by atomic mass is 10.2. The molecule has 4 nitrogen and oxygen atoms in total. The van der Waals surface area contributed by atoms with Gasteiger partial charge in [0.05, 0.1) is 0 Å². The molecule has 2 aromatic carbocycles. The Morgan fingerprint density at radius 2 is 1.92 bits per heavy atom. The van der Waals surface area contributed by atoms with Crippen molar-refractivity contribution >= 4 is 11.8 Å². The average Bonchev–Trinajstić information content (AvgIpc) is 2.97. The number of hydrogen-bond acceptors (Lipinski definition) is 4. The van der Waals surface area contributed by atoms with Gasteiger partial charge in [-0.3, -0.25) is 4.57 Å². The first kappa shape index (κ1) is 16.7. The Kier molecular flexibility index (Phi) is 5.27. The maximum absolute atomic E-state index is 13.0. The van der Waals surface area contributed by atoms with E-state index in [1.54, 1.807) is 31.0 Å². The molecule has 0 aliphatic heterocycles. The van der Waals surface area contributed by atoms with Crippen molar-refractivity contribution in [2.75, 3.05) is 7.11 Å². The van der Waals surface area contributed by atoms with Crippen LogP contribution in [0.3, 0.4) is 0 Å². The van der Waals surface area contributed by atoms with Crippen molar-refractivity contribution in [1.82, 2.24) is 14.8 Å². The zero-order valence-corrected chi connectivity index (χ0v) is 14.4. The number of aromatic nitrogens is 3. The fourth-order valence-electron chi connectivity index (χ4n) is 2.37. The molecule has 3 rings (SSSR count). The third-order valence-electron chi connectivity index (χ3n) is 3.51. The molecular weight excluding hydrogens is 325 g/mol. The molecule has 0 saturated heterocycles. The minimum absolute atomic E-state index is 0.228. The molecule has 124 valence electrons. The van der Waals surface area contributed by atoms with Gasteiger partial charge in [-0.15, -0.1) is 10.2 Å². The number of methoxy groups -OCH3 is 1. The van der Waals surface area contributed by atoms with Crippen molar-refractivity contribution in [3.05, 3.63) is 71.3 Å². The third kappa shape index (κ3) is 3.83. The van der Waals surface area contributed by atoms with Crippen LogP contribution in [0.2, 0.25) is 0 Å². The molecule has 0 bridgehead atoms. The molecule has 0 atom stereocenters. The lowest BCUT2D eigenvalue weighted by Crippen LogP contribution is -2.04. The minimum atomic E-state index is -0.228. The third-order valence-corrected chi connectivity index (χ3v) is 4.51. The Morgan fingerprint density at radius 3 is 2.62 bits per heavy atom. The molecule has 0 fully saturated rings. The largest absolute Gasteiger partial charge is 0.377 e. The van der Waals surface area contributed by atoms with Crippen LogP contribution < -0.4 is 0 Å². The summed E-state index contributed by atoms with van der Waals surface area (Å²) >= 11 is 1.56. The van der Waals surface area contributed by atoms with Crippen molar-refractivity contribution in [2.24, 2.45) is 0 Å². The van der Waals surface area contributed by atoms with E-state index in [2.05, 4.69) is 29.3 Å². The lowest BCUT2D eigenvalue weighted by molar-refractivity contribution is 0.176. The molecule has 1 heterocycles. The summed E-state index contributed by atoms with van der Waals surface area (Å²) in [5, 5.41) is 9.33. The number of hydrogen-bond donors (Lipinski definition) is 0. The standard InChI is InChI=1S/C18H18FN3OS/c1-13-4-3-5-16(10-13)22-17(11-23-2)20-21-18(22)24-12-14-6-8-15(19)9-7-14/h3-10H,11-12H2,1-2H3. The predicted molar refractivity (Wildman–Crippen MR) is 92.8 cm³/mol. The van der Waals surface area contributed by atoms with E-state index >= 15 is 0 Å². The quantitative estimate of drug-likeness (QED) is 0.630. The molecule has 0 aliphatic carbocycles. The van der Waals surface area contributed by atoms with E-state index in [0.29, 0.717) is 12.4 Å². The predicted octanol–water partition coefficient (Wildman–Crippen LogP) is 4.15. The van der Waals surface area contributed by atoms with E-state index in [9.17, 15) is 4.39 Å². The summed E-state index contributed by atoms with van der Waals surface area (Å²) in [6.07, 6.45) is 0. The van der Waals surface area contributed by atoms with Crippen molar-refractivity contribution in [3.63, 3.8) is 0 Å². The smallest absolute Gasteiger partial charge is 0.196 e. The fourth-order valence-corrected chi connectivity index (χ4v) is 3.30. The summed E-state index contributed by atoms with van der Waals surface area (Å²) in [5.74, 6) is 1.22. The number of rotatable bonds is 6. The molecule has 0 amide bonds. The first-order valence-electron chi connectivity index (χ1n) is 7.55. The Balaban J connectivity index is 1.88. The molecule has 0 radical (unpaired) electrons. The summed E-state index contributed by atoms with van der Waals surface area (Å²) in [7, 11) is 1.64. The SMILES string of the molecule is COCc1nnc(SCc2ccc(F)cc2)n1-c1cccc(C)c1. The molecule has 0 N–H and O–H groups in total. The first-order valence-corrected chi connectivity index (χ1v) is 8.53. The zero-order valence-electron chi connectivity index (χ0n) is 13.6. The molecule has 0 saturated carbocycles. The highest BCUT2D eigenvalue weighted by molar-refractivity contribution is 7.98. The van der Waals surface area contributed by atoms with Gasteiger partial charge in [0.1, 0.15) is 12.4 Å². The number of benzene rings is 2. The maximum atomic E-state index is 13.0. The Labute approximate surface area is 144 Å². The molecule has 0 unspecified atom stereocenters. The van der Waals surface area contributed by atoms with Crippen molar-refractivity contribution in [3.8, 4) is 5.69 Å². The van der Waals surface area contributed by atoms with Gasteiger partial charge in [-0.2, -0.15) is 0 Å². The Morgan fingerprint density at radius 1 is 1.12 bits per heavy atom. The summed E-state index contributed by atoms with van der Waals surface area (Å²) in [6.45, 7) is 2.44. The molecule has 0 spiro atoms. The van der Waals surface area contributed by atoms with Gasteiger partial charge in [-0.25, -0.2) is 4.39 Å². The second-order valence-corrected chi connectivity index (χ2v) is 6.36. The highest BCUT2D eigenvalue weighted by Crippen LogP contribution is 2.26. The molecular formula is C18H18FN3OS. The van der Waals surface area contributed by atoms with Crippen LogP contribution in [0.5, 0.6) is 0 Å². The number of nitrogens with zero attached hydrogens (tertiary/aromatic N) is 3. The van der Waals surface area contributed by atoms with E-state index in [0.717, 1.165) is 22.2 Å². The monoisotopic (exact) mass is 343 g/mol. The van der Waals surface area contributed by atoms with Gasteiger partial charge in [0.15, 0.2) is 11.0 Å². The molecule has 1 aromatic heterocycles. The van der Waals surface area contributed by atoms with Crippen LogP contribution in [-0.2, 0) is 17.1 Å². The van der Waals surface area contributed by atoms with Gasteiger partial charge in [0, 0.05) is 18.6 Å². The summed E-state index contributed by atoms with van der Waals surface area (Å²) < 4.78 is 20.3. The highest BCUT2D eigenvalue weighted by Gasteiger charge is 2.14. The second kappa shape index (κ2) is 7.59. The average molecular weight is 343 g/mol. The van der Waals surface area contributed by atoms with Crippen molar-refractivity contribution < 1.29 is 9.13 Å². The number of aryl methyl sites for hydroxylation is 1. The fraction of sp³-hybridized carbons (Fsp3) is 0.222. The second-order valence-electron chi connectivity index (χ2n) is 5.42. The van der Waals surface area contributed by atoms with Crippen LogP contribution in [-0.4, -0.2) is 21.9 Å². The van der Waals surface area contributed by atoms with Crippen LogP contribution in [0, 0.1) is 12.7 Å².